The van der Waals surface area contributed by atoms with Crippen molar-refractivity contribution in [2.45, 2.75) is 6.92 Å². The van der Waals surface area contributed by atoms with Crippen LogP contribution in [0.3, 0.4) is 0 Å². The molecule has 0 aromatic carbocycles. The average Bonchev–Trinajstić information content (AvgIpc) is 2.06. The Bertz CT molecular complexity index is 188. The van der Waals surface area contributed by atoms with E-state index in [2.05, 4.69) is 38.6 Å². The molecule has 0 saturated carbocycles. The SMILES string of the molecule is C=C(C)C(=O)O.C=C=C.C=CC=C. The zero-order valence-corrected chi connectivity index (χ0v) is 8.05. The fraction of sp³-hybridized carbons (Fsp3) is 0.0909. The van der Waals surface area contributed by atoms with Crippen molar-refractivity contribution in [1.29, 1.82) is 0 Å². The van der Waals surface area contributed by atoms with Gasteiger partial charge in [0.2, 0.25) is 0 Å². The van der Waals surface area contributed by atoms with Crippen LogP contribution in [0.25, 0.3) is 0 Å². The molecule has 0 heterocycles. The lowest BCUT2D eigenvalue weighted by atomic mass is 10.4. The monoisotopic (exact) mass is 180 g/mol. The maximum Gasteiger partial charge on any atom is 0.330 e. The first kappa shape index (κ1) is 17.3. The van der Waals surface area contributed by atoms with Crippen LogP contribution >= 0.6 is 0 Å². The molecule has 0 atom stereocenters. The molecule has 0 bridgehead atoms. The lowest BCUT2D eigenvalue weighted by Gasteiger charge is -1.79. The van der Waals surface area contributed by atoms with Gasteiger partial charge in [-0.2, -0.15) is 0 Å². The summed E-state index contributed by atoms with van der Waals surface area (Å²) in [6.07, 6.45) is 3.28. The molecule has 0 unspecified atom stereocenters. The van der Waals surface area contributed by atoms with Gasteiger partial charge in [-0.1, -0.05) is 45.0 Å². The molecule has 0 aromatic rings. The molecule has 0 fully saturated rings. The molecular formula is C11H16O2. The van der Waals surface area contributed by atoms with Crippen LogP contribution in [-0.2, 0) is 4.79 Å². The molecular weight excluding hydrogens is 164 g/mol. The molecule has 0 spiro atoms. The Morgan fingerprint density at radius 3 is 1.46 bits per heavy atom. The third-order valence-electron chi connectivity index (χ3n) is 0.532. The number of hydrogen-bond donors (Lipinski definition) is 1. The number of carbonyl (C=O) groups is 1. The van der Waals surface area contributed by atoms with Gasteiger partial charge in [0.15, 0.2) is 0 Å². The zero-order valence-electron chi connectivity index (χ0n) is 8.05. The van der Waals surface area contributed by atoms with Crippen molar-refractivity contribution in [3.63, 3.8) is 0 Å². The van der Waals surface area contributed by atoms with Crippen molar-refractivity contribution in [3.05, 3.63) is 56.4 Å². The fourth-order valence-electron chi connectivity index (χ4n) is 0. The summed E-state index contributed by atoms with van der Waals surface area (Å²) in [5, 5.41) is 7.89. The molecule has 2 heteroatoms. The van der Waals surface area contributed by atoms with Crippen molar-refractivity contribution >= 4 is 5.97 Å². The minimum Gasteiger partial charge on any atom is -0.478 e. The van der Waals surface area contributed by atoms with E-state index in [4.69, 9.17) is 5.11 Å². The van der Waals surface area contributed by atoms with Gasteiger partial charge in [0.25, 0.3) is 0 Å². The van der Waals surface area contributed by atoms with E-state index in [-0.39, 0.29) is 5.57 Å². The van der Waals surface area contributed by atoms with E-state index in [9.17, 15) is 4.79 Å². The number of hydrogen-bond acceptors (Lipinski definition) is 1. The number of aliphatic carboxylic acids is 1. The molecule has 13 heavy (non-hydrogen) atoms. The maximum atomic E-state index is 9.60. The smallest absolute Gasteiger partial charge is 0.330 e. The van der Waals surface area contributed by atoms with E-state index < -0.39 is 5.97 Å². The lowest BCUT2D eigenvalue weighted by molar-refractivity contribution is -0.132. The number of allylic oxidation sites excluding steroid dienone is 2. The van der Waals surface area contributed by atoms with Crippen LogP contribution in [-0.4, -0.2) is 11.1 Å². The van der Waals surface area contributed by atoms with Crippen LogP contribution in [0.5, 0.6) is 0 Å². The van der Waals surface area contributed by atoms with Crippen LogP contribution in [0.1, 0.15) is 6.92 Å². The topological polar surface area (TPSA) is 37.3 Å². The van der Waals surface area contributed by atoms with Gasteiger partial charge in [-0.15, -0.1) is 5.73 Å². The van der Waals surface area contributed by atoms with E-state index in [0.29, 0.717) is 0 Å². The summed E-state index contributed by atoms with van der Waals surface area (Å²) in [6.45, 7) is 17.6. The van der Waals surface area contributed by atoms with Crippen molar-refractivity contribution in [3.8, 4) is 0 Å². The fourth-order valence-corrected chi connectivity index (χ4v) is 0. The molecule has 0 aromatic heterocycles. The minimum atomic E-state index is -0.935. The first-order chi connectivity index (χ1) is 5.97. The van der Waals surface area contributed by atoms with Crippen molar-refractivity contribution < 1.29 is 9.90 Å². The summed E-state index contributed by atoms with van der Waals surface area (Å²) >= 11 is 0. The quantitative estimate of drug-likeness (QED) is 0.403. The summed E-state index contributed by atoms with van der Waals surface area (Å²) in [5.74, 6) is -0.935. The van der Waals surface area contributed by atoms with Crippen LogP contribution in [0.15, 0.2) is 56.4 Å². The second kappa shape index (κ2) is 16.7. The van der Waals surface area contributed by atoms with Crippen molar-refractivity contribution in [1.82, 2.24) is 0 Å². The highest BCUT2D eigenvalue weighted by Crippen LogP contribution is 1.81. The van der Waals surface area contributed by atoms with Gasteiger partial charge in [-0.05, 0) is 6.92 Å². The zero-order chi connectivity index (χ0) is 11.3. The van der Waals surface area contributed by atoms with Gasteiger partial charge >= 0.3 is 5.97 Å². The second-order valence-electron chi connectivity index (χ2n) is 1.81. The predicted octanol–water partition coefficient (Wildman–Crippen LogP) is 2.96. The molecule has 0 aliphatic heterocycles. The maximum absolute atomic E-state index is 9.60. The Kier molecular flexibility index (Phi) is 22.2. The summed E-state index contributed by atoms with van der Waals surface area (Å²) in [7, 11) is 0. The highest BCUT2D eigenvalue weighted by Gasteiger charge is 1.90. The van der Waals surface area contributed by atoms with Crippen LogP contribution in [0.2, 0.25) is 0 Å². The van der Waals surface area contributed by atoms with E-state index in [1.165, 1.54) is 6.92 Å². The first-order valence-electron chi connectivity index (χ1n) is 3.39. The van der Waals surface area contributed by atoms with Gasteiger partial charge in [-0.3, -0.25) is 0 Å². The van der Waals surface area contributed by atoms with Gasteiger partial charge in [0, 0.05) is 5.57 Å². The largest absolute Gasteiger partial charge is 0.478 e. The van der Waals surface area contributed by atoms with Crippen LogP contribution < -0.4 is 0 Å². The number of carboxylic acids is 1. The van der Waals surface area contributed by atoms with Crippen LogP contribution in [0, 0.1) is 0 Å². The summed E-state index contributed by atoms with van der Waals surface area (Å²) < 4.78 is 0. The molecule has 0 rings (SSSR count). The van der Waals surface area contributed by atoms with E-state index >= 15 is 0 Å². The van der Waals surface area contributed by atoms with Gasteiger partial charge < -0.3 is 5.11 Å². The molecule has 0 aliphatic rings. The van der Waals surface area contributed by atoms with Crippen molar-refractivity contribution in [2.24, 2.45) is 0 Å². The molecule has 2 nitrogen and oxygen atoms in total. The van der Waals surface area contributed by atoms with Gasteiger partial charge in [0.05, 0.1) is 0 Å². The Balaban J connectivity index is -0.000000125. The highest BCUT2D eigenvalue weighted by atomic mass is 16.4. The normalized spacial score (nSPS) is 5.62. The third kappa shape index (κ3) is 66.8. The number of carboxylic acid groups (broad SMARTS) is 1. The first-order valence-corrected chi connectivity index (χ1v) is 3.39. The second-order valence-corrected chi connectivity index (χ2v) is 1.81. The van der Waals surface area contributed by atoms with Gasteiger partial charge in [-0.25, -0.2) is 4.79 Å². The summed E-state index contributed by atoms with van der Waals surface area (Å²) in [4.78, 5) is 9.60. The standard InChI is InChI=1S/C4H6O2.C4H6.C3H4/c1-3(2)4(5)6;1-3-4-2;1-3-2/h1H2,2H3,(H,5,6);3-4H,1-2H2;1-2H2. The Labute approximate surface area is 79.9 Å². The Morgan fingerprint density at radius 1 is 1.31 bits per heavy atom. The number of rotatable bonds is 2. The Morgan fingerprint density at radius 2 is 1.46 bits per heavy atom. The Hall–Kier alpha value is -1.79. The molecule has 0 radical (unpaired) electrons. The van der Waals surface area contributed by atoms with Gasteiger partial charge in [0.1, 0.15) is 0 Å². The van der Waals surface area contributed by atoms with Crippen LogP contribution in [0.4, 0.5) is 0 Å². The predicted molar refractivity (Wildman–Crippen MR) is 57.6 cm³/mol. The molecule has 72 valence electrons. The molecule has 0 amide bonds. The van der Waals surface area contributed by atoms with E-state index in [1.54, 1.807) is 12.2 Å². The summed E-state index contributed by atoms with van der Waals surface area (Å²) in [6, 6.07) is 0. The van der Waals surface area contributed by atoms with E-state index in [1.807, 2.05) is 0 Å². The van der Waals surface area contributed by atoms with E-state index in [0.717, 1.165) is 0 Å². The molecule has 0 saturated heterocycles. The average molecular weight is 180 g/mol. The third-order valence-corrected chi connectivity index (χ3v) is 0.532. The highest BCUT2D eigenvalue weighted by molar-refractivity contribution is 5.84. The molecule has 0 aliphatic carbocycles. The van der Waals surface area contributed by atoms with Crippen molar-refractivity contribution in [2.75, 3.05) is 0 Å². The summed E-state index contributed by atoms with van der Waals surface area (Å²) in [5.41, 5.74) is 2.43. The molecule has 1 N–H and O–H groups in total. The minimum absolute atomic E-state index is 0.176. The lowest BCUT2D eigenvalue weighted by Crippen LogP contribution is -1.92.